The highest BCUT2D eigenvalue weighted by molar-refractivity contribution is 5.75. The first kappa shape index (κ1) is 12.5. The zero-order chi connectivity index (χ0) is 11.4. The van der Waals surface area contributed by atoms with Crippen LogP contribution in [0.5, 0.6) is 0 Å². The molecule has 88 valence electrons. The van der Waals surface area contributed by atoms with Gasteiger partial charge in [0.25, 0.3) is 0 Å². The monoisotopic (exact) mass is 214 g/mol. The quantitative estimate of drug-likeness (QED) is 0.699. The predicted octanol–water partition coefficient (Wildman–Crippen LogP) is 0.620. The summed E-state index contributed by atoms with van der Waals surface area (Å²) in [5.41, 5.74) is 0. The molecule has 0 saturated carbocycles. The van der Waals surface area contributed by atoms with Gasteiger partial charge >= 0.3 is 5.97 Å². The van der Waals surface area contributed by atoms with Crippen molar-refractivity contribution in [3.8, 4) is 0 Å². The molecule has 1 heterocycles. The average molecular weight is 214 g/mol. The van der Waals surface area contributed by atoms with Gasteiger partial charge in [0.1, 0.15) is 6.04 Å². The first-order valence-corrected chi connectivity index (χ1v) is 5.72. The van der Waals surface area contributed by atoms with E-state index in [1.807, 2.05) is 13.8 Å². The number of esters is 1. The Labute approximate surface area is 92.0 Å². The Morgan fingerprint density at radius 3 is 2.47 bits per heavy atom. The SMILES string of the molecule is CCOC(=O)C(C)N1C(C)CNCC1C. The number of rotatable bonds is 3. The Morgan fingerprint density at radius 2 is 2.00 bits per heavy atom. The molecule has 0 spiro atoms. The van der Waals surface area contributed by atoms with Crippen LogP contribution in [-0.2, 0) is 9.53 Å². The van der Waals surface area contributed by atoms with Crippen molar-refractivity contribution in [2.24, 2.45) is 0 Å². The van der Waals surface area contributed by atoms with E-state index in [4.69, 9.17) is 4.74 Å². The van der Waals surface area contributed by atoms with Crippen LogP contribution in [0.15, 0.2) is 0 Å². The lowest BCUT2D eigenvalue weighted by atomic mass is 10.1. The second-order valence-corrected chi connectivity index (χ2v) is 4.23. The highest BCUT2D eigenvalue weighted by Crippen LogP contribution is 2.14. The number of nitrogens with zero attached hydrogens (tertiary/aromatic N) is 1. The smallest absolute Gasteiger partial charge is 0.323 e. The first-order valence-electron chi connectivity index (χ1n) is 5.72. The molecule has 1 rings (SSSR count). The molecule has 1 N–H and O–H groups in total. The van der Waals surface area contributed by atoms with Gasteiger partial charge in [-0.15, -0.1) is 0 Å². The summed E-state index contributed by atoms with van der Waals surface area (Å²) in [6.07, 6.45) is 0. The number of nitrogens with one attached hydrogen (secondary N) is 1. The molecule has 15 heavy (non-hydrogen) atoms. The van der Waals surface area contributed by atoms with E-state index in [0.29, 0.717) is 18.7 Å². The number of piperazine rings is 1. The minimum Gasteiger partial charge on any atom is -0.465 e. The molecule has 3 atom stereocenters. The van der Waals surface area contributed by atoms with Crippen molar-refractivity contribution in [1.82, 2.24) is 10.2 Å². The minimum absolute atomic E-state index is 0.113. The van der Waals surface area contributed by atoms with Crippen LogP contribution < -0.4 is 5.32 Å². The largest absolute Gasteiger partial charge is 0.465 e. The van der Waals surface area contributed by atoms with Gasteiger partial charge in [-0.2, -0.15) is 0 Å². The topological polar surface area (TPSA) is 41.6 Å². The third kappa shape index (κ3) is 2.92. The molecule has 1 fully saturated rings. The first-order chi connectivity index (χ1) is 7.07. The maximum Gasteiger partial charge on any atom is 0.323 e. The molecule has 0 aromatic rings. The zero-order valence-corrected chi connectivity index (χ0v) is 10.1. The van der Waals surface area contributed by atoms with Crippen LogP contribution in [0.1, 0.15) is 27.7 Å². The van der Waals surface area contributed by atoms with Gasteiger partial charge in [-0.3, -0.25) is 9.69 Å². The molecule has 0 radical (unpaired) electrons. The maximum absolute atomic E-state index is 11.6. The highest BCUT2D eigenvalue weighted by atomic mass is 16.5. The Morgan fingerprint density at radius 1 is 1.47 bits per heavy atom. The minimum atomic E-state index is -0.142. The van der Waals surface area contributed by atoms with Crippen molar-refractivity contribution in [3.63, 3.8) is 0 Å². The molecule has 4 heteroatoms. The number of carbonyl (C=O) groups excluding carboxylic acids is 1. The van der Waals surface area contributed by atoms with Crippen molar-refractivity contribution in [1.29, 1.82) is 0 Å². The summed E-state index contributed by atoms with van der Waals surface area (Å²) in [5, 5.41) is 3.35. The standard InChI is InChI=1S/C11H22N2O2/c1-5-15-11(14)10(4)13-8(2)6-12-7-9(13)3/h8-10,12H,5-7H2,1-4H3. The van der Waals surface area contributed by atoms with E-state index in [1.165, 1.54) is 0 Å². The Kier molecular flexibility index (Phi) is 4.54. The summed E-state index contributed by atoms with van der Waals surface area (Å²) in [7, 11) is 0. The fourth-order valence-electron chi connectivity index (χ4n) is 2.29. The Bertz CT molecular complexity index is 211. The summed E-state index contributed by atoms with van der Waals surface area (Å²) in [4.78, 5) is 13.9. The number of hydrogen-bond donors (Lipinski definition) is 1. The van der Waals surface area contributed by atoms with E-state index in [9.17, 15) is 4.79 Å². The second-order valence-electron chi connectivity index (χ2n) is 4.23. The summed E-state index contributed by atoms with van der Waals surface area (Å²) >= 11 is 0. The molecule has 0 aromatic heterocycles. The number of ether oxygens (including phenoxy) is 1. The van der Waals surface area contributed by atoms with Crippen molar-refractivity contribution in [2.75, 3.05) is 19.7 Å². The fourth-order valence-corrected chi connectivity index (χ4v) is 2.29. The van der Waals surface area contributed by atoms with E-state index in [0.717, 1.165) is 13.1 Å². The van der Waals surface area contributed by atoms with Crippen LogP contribution in [0.2, 0.25) is 0 Å². The van der Waals surface area contributed by atoms with Gasteiger partial charge in [-0.1, -0.05) is 0 Å². The Hall–Kier alpha value is -0.610. The van der Waals surface area contributed by atoms with Gasteiger partial charge in [-0.05, 0) is 27.7 Å². The normalized spacial score (nSPS) is 29.9. The van der Waals surface area contributed by atoms with E-state index in [2.05, 4.69) is 24.1 Å². The van der Waals surface area contributed by atoms with Crippen LogP contribution in [0, 0.1) is 0 Å². The van der Waals surface area contributed by atoms with E-state index >= 15 is 0 Å². The fraction of sp³-hybridized carbons (Fsp3) is 0.909. The van der Waals surface area contributed by atoms with E-state index < -0.39 is 0 Å². The van der Waals surface area contributed by atoms with Gasteiger partial charge in [0.2, 0.25) is 0 Å². The summed E-state index contributed by atoms with van der Waals surface area (Å²) in [5.74, 6) is -0.113. The van der Waals surface area contributed by atoms with Crippen molar-refractivity contribution >= 4 is 5.97 Å². The van der Waals surface area contributed by atoms with Crippen molar-refractivity contribution in [3.05, 3.63) is 0 Å². The van der Waals surface area contributed by atoms with Gasteiger partial charge in [-0.25, -0.2) is 0 Å². The van der Waals surface area contributed by atoms with Gasteiger partial charge in [0, 0.05) is 25.2 Å². The van der Waals surface area contributed by atoms with Crippen molar-refractivity contribution in [2.45, 2.75) is 45.8 Å². The van der Waals surface area contributed by atoms with Crippen LogP contribution in [-0.4, -0.2) is 48.7 Å². The van der Waals surface area contributed by atoms with Gasteiger partial charge in [0.15, 0.2) is 0 Å². The molecular formula is C11H22N2O2. The molecule has 0 amide bonds. The van der Waals surface area contributed by atoms with Crippen LogP contribution >= 0.6 is 0 Å². The third-order valence-corrected chi connectivity index (χ3v) is 2.97. The van der Waals surface area contributed by atoms with Crippen molar-refractivity contribution < 1.29 is 9.53 Å². The Balaban J connectivity index is 2.62. The van der Waals surface area contributed by atoms with Crippen LogP contribution in [0.3, 0.4) is 0 Å². The van der Waals surface area contributed by atoms with Gasteiger partial charge in [0.05, 0.1) is 6.61 Å². The summed E-state index contributed by atoms with van der Waals surface area (Å²) in [6, 6.07) is 0.623. The molecule has 3 unspecified atom stereocenters. The molecule has 0 aliphatic carbocycles. The lowest BCUT2D eigenvalue weighted by Crippen LogP contribution is -2.59. The molecule has 4 nitrogen and oxygen atoms in total. The van der Waals surface area contributed by atoms with E-state index in [-0.39, 0.29) is 12.0 Å². The maximum atomic E-state index is 11.6. The number of hydrogen-bond acceptors (Lipinski definition) is 4. The highest BCUT2D eigenvalue weighted by Gasteiger charge is 2.32. The van der Waals surface area contributed by atoms with E-state index in [1.54, 1.807) is 0 Å². The molecule has 0 bridgehead atoms. The molecule has 0 aromatic carbocycles. The van der Waals surface area contributed by atoms with Crippen LogP contribution in [0.4, 0.5) is 0 Å². The van der Waals surface area contributed by atoms with Gasteiger partial charge < -0.3 is 10.1 Å². The zero-order valence-electron chi connectivity index (χ0n) is 10.1. The third-order valence-electron chi connectivity index (χ3n) is 2.97. The average Bonchev–Trinajstić information content (AvgIpc) is 2.17. The lowest BCUT2D eigenvalue weighted by Gasteiger charge is -2.42. The second kappa shape index (κ2) is 5.47. The molecule has 1 aliphatic rings. The summed E-state index contributed by atoms with van der Waals surface area (Å²) < 4.78 is 5.05. The number of carbonyl (C=O) groups is 1. The molecule has 1 saturated heterocycles. The molecule has 1 aliphatic heterocycles. The van der Waals surface area contributed by atoms with Crippen LogP contribution in [0.25, 0.3) is 0 Å². The lowest BCUT2D eigenvalue weighted by molar-refractivity contribution is -0.151. The molecular weight excluding hydrogens is 192 g/mol. The predicted molar refractivity (Wildman–Crippen MR) is 59.7 cm³/mol. The summed E-state index contributed by atoms with van der Waals surface area (Å²) in [6.45, 7) is 10.4.